The molecule has 1 fully saturated rings. The molecule has 0 aliphatic carbocycles. The molecule has 0 aromatic carbocycles. The van der Waals surface area contributed by atoms with Crippen LogP contribution in [0.25, 0.3) is 0 Å². The topological polar surface area (TPSA) is 107 Å². The van der Waals surface area contributed by atoms with Gasteiger partial charge in [0.15, 0.2) is 0 Å². The standard InChI is InChI=1S/C10H15NO5/c1-5(2)10(16)4-11-8(9(14)15)6(10)3-7(12)13/h6,8,11,16H,1,3-4H2,2H3,(H,12,13)(H,14,15)/t6-,8+,10-/m1/s1. The van der Waals surface area contributed by atoms with Crippen LogP contribution < -0.4 is 5.32 Å². The Labute approximate surface area is 92.6 Å². The van der Waals surface area contributed by atoms with Crippen LogP contribution in [0.4, 0.5) is 0 Å². The average Bonchev–Trinajstić information content (AvgIpc) is 2.44. The number of aliphatic carboxylic acids is 2. The third-order valence-electron chi connectivity index (χ3n) is 3.01. The van der Waals surface area contributed by atoms with Crippen LogP contribution in [0.2, 0.25) is 0 Å². The van der Waals surface area contributed by atoms with Crippen LogP contribution in [0.5, 0.6) is 0 Å². The predicted octanol–water partition coefficient (Wildman–Crippen LogP) is -0.559. The molecule has 0 unspecified atom stereocenters. The van der Waals surface area contributed by atoms with Crippen LogP contribution >= 0.6 is 0 Å². The van der Waals surface area contributed by atoms with Crippen molar-refractivity contribution >= 4 is 11.9 Å². The molecule has 1 saturated heterocycles. The maximum atomic E-state index is 10.9. The summed E-state index contributed by atoms with van der Waals surface area (Å²) in [6.07, 6.45) is -0.409. The summed E-state index contributed by atoms with van der Waals surface area (Å²) in [6.45, 7) is 5.15. The van der Waals surface area contributed by atoms with Gasteiger partial charge in [0.1, 0.15) is 11.6 Å². The van der Waals surface area contributed by atoms with Gasteiger partial charge >= 0.3 is 11.9 Å². The van der Waals surface area contributed by atoms with E-state index in [0.717, 1.165) is 0 Å². The van der Waals surface area contributed by atoms with Crippen LogP contribution in [-0.2, 0) is 9.59 Å². The van der Waals surface area contributed by atoms with Gasteiger partial charge in [0, 0.05) is 12.5 Å². The Morgan fingerprint density at radius 3 is 2.44 bits per heavy atom. The van der Waals surface area contributed by atoms with Gasteiger partial charge in [0.2, 0.25) is 0 Å². The second kappa shape index (κ2) is 4.23. The maximum Gasteiger partial charge on any atom is 0.321 e. The first-order valence-electron chi connectivity index (χ1n) is 4.85. The van der Waals surface area contributed by atoms with Crippen molar-refractivity contribution in [1.82, 2.24) is 5.32 Å². The lowest BCUT2D eigenvalue weighted by atomic mass is 9.79. The molecule has 1 aliphatic rings. The molecule has 0 bridgehead atoms. The van der Waals surface area contributed by atoms with Crippen LogP contribution in [0.15, 0.2) is 12.2 Å². The molecule has 0 saturated carbocycles. The molecule has 0 aromatic rings. The molecular formula is C10H15NO5. The Morgan fingerprint density at radius 2 is 2.06 bits per heavy atom. The fraction of sp³-hybridized carbons (Fsp3) is 0.600. The van der Waals surface area contributed by atoms with Gasteiger partial charge in [-0.2, -0.15) is 0 Å². The second-order valence-corrected chi connectivity index (χ2v) is 4.11. The van der Waals surface area contributed by atoms with E-state index in [1.54, 1.807) is 6.92 Å². The Kier molecular flexibility index (Phi) is 3.35. The molecule has 6 heteroatoms. The summed E-state index contributed by atoms with van der Waals surface area (Å²) >= 11 is 0. The lowest BCUT2D eigenvalue weighted by Gasteiger charge is -2.29. The van der Waals surface area contributed by atoms with Crippen LogP contribution in [0, 0.1) is 5.92 Å². The molecule has 0 radical (unpaired) electrons. The van der Waals surface area contributed by atoms with E-state index in [0.29, 0.717) is 5.57 Å². The molecule has 3 atom stereocenters. The summed E-state index contributed by atoms with van der Waals surface area (Å²) in [5, 5.41) is 30.5. The van der Waals surface area contributed by atoms with Crippen molar-refractivity contribution in [3.8, 4) is 0 Å². The molecule has 1 aliphatic heterocycles. The number of aliphatic hydroxyl groups is 1. The molecule has 6 nitrogen and oxygen atoms in total. The molecule has 1 rings (SSSR count). The summed E-state index contributed by atoms with van der Waals surface area (Å²) in [5.41, 5.74) is -1.10. The van der Waals surface area contributed by atoms with Gasteiger partial charge in [-0.05, 0) is 12.5 Å². The fourth-order valence-electron chi connectivity index (χ4n) is 2.02. The zero-order valence-electron chi connectivity index (χ0n) is 8.93. The maximum absolute atomic E-state index is 10.9. The Bertz CT molecular complexity index is 340. The number of rotatable bonds is 4. The van der Waals surface area contributed by atoms with Gasteiger partial charge in [0.25, 0.3) is 0 Å². The zero-order chi connectivity index (χ0) is 12.5. The Balaban J connectivity index is 3.01. The highest BCUT2D eigenvalue weighted by molar-refractivity contribution is 5.77. The lowest BCUT2D eigenvalue weighted by molar-refractivity contribution is -0.144. The molecule has 0 spiro atoms. The van der Waals surface area contributed by atoms with Gasteiger partial charge < -0.3 is 20.6 Å². The first-order valence-corrected chi connectivity index (χ1v) is 4.85. The summed E-state index contributed by atoms with van der Waals surface area (Å²) in [5.74, 6) is -3.21. The van der Waals surface area contributed by atoms with E-state index in [1.807, 2.05) is 0 Å². The van der Waals surface area contributed by atoms with Gasteiger partial charge in [-0.15, -0.1) is 0 Å². The first kappa shape index (κ1) is 12.7. The summed E-state index contributed by atoms with van der Waals surface area (Å²) < 4.78 is 0. The van der Waals surface area contributed by atoms with E-state index < -0.39 is 35.9 Å². The van der Waals surface area contributed by atoms with E-state index in [4.69, 9.17) is 10.2 Å². The summed E-state index contributed by atoms with van der Waals surface area (Å²) in [6, 6.07) is -1.06. The number of carboxylic acid groups (broad SMARTS) is 2. The molecule has 16 heavy (non-hydrogen) atoms. The minimum absolute atomic E-state index is 0.0112. The molecule has 0 amide bonds. The van der Waals surface area contributed by atoms with Crippen molar-refractivity contribution in [2.45, 2.75) is 25.0 Å². The van der Waals surface area contributed by atoms with Crippen molar-refractivity contribution in [1.29, 1.82) is 0 Å². The number of β-amino-alcohol motifs (C(OH)–C–C–N with tert-alkyl or cyclic N) is 1. The lowest BCUT2D eigenvalue weighted by Crippen LogP contribution is -2.43. The molecular weight excluding hydrogens is 214 g/mol. The fourth-order valence-corrected chi connectivity index (χ4v) is 2.02. The monoisotopic (exact) mass is 229 g/mol. The average molecular weight is 229 g/mol. The smallest absolute Gasteiger partial charge is 0.321 e. The van der Waals surface area contributed by atoms with Gasteiger partial charge in [-0.25, -0.2) is 0 Å². The molecule has 90 valence electrons. The van der Waals surface area contributed by atoms with E-state index in [9.17, 15) is 14.7 Å². The normalized spacial score (nSPS) is 33.6. The van der Waals surface area contributed by atoms with Gasteiger partial charge in [-0.3, -0.25) is 9.59 Å². The van der Waals surface area contributed by atoms with Crippen molar-refractivity contribution < 1.29 is 24.9 Å². The minimum Gasteiger partial charge on any atom is -0.481 e. The van der Waals surface area contributed by atoms with E-state index in [-0.39, 0.29) is 6.54 Å². The number of carbonyl (C=O) groups is 2. The number of carboxylic acids is 2. The highest BCUT2D eigenvalue weighted by atomic mass is 16.4. The van der Waals surface area contributed by atoms with Gasteiger partial charge in [-0.1, -0.05) is 6.58 Å². The minimum atomic E-state index is -1.47. The predicted molar refractivity (Wildman–Crippen MR) is 54.9 cm³/mol. The molecule has 4 N–H and O–H groups in total. The quantitative estimate of drug-likeness (QED) is 0.481. The Morgan fingerprint density at radius 1 is 1.50 bits per heavy atom. The van der Waals surface area contributed by atoms with E-state index >= 15 is 0 Å². The third kappa shape index (κ3) is 2.07. The molecule has 0 aromatic heterocycles. The molecule has 1 heterocycles. The number of hydrogen-bond donors (Lipinski definition) is 4. The second-order valence-electron chi connectivity index (χ2n) is 4.11. The van der Waals surface area contributed by atoms with Gasteiger partial charge in [0.05, 0.1) is 6.42 Å². The highest BCUT2D eigenvalue weighted by Gasteiger charge is 2.51. The van der Waals surface area contributed by atoms with Crippen molar-refractivity contribution in [3.63, 3.8) is 0 Å². The van der Waals surface area contributed by atoms with Crippen LogP contribution in [-0.4, -0.2) is 45.4 Å². The van der Waals surface area contributed by atoms with Crippen LogP contribution in [0.3, 0.4) is 0 Å². The number of nitrogens with one attached hydrogen (secondary N) is 1. The first-order chi connectivity index (χ1) is 7.29. The van der Waals surface area contributed by atoms with Crippen molar-refractivity contribution in [2.24, 2.45) is 5.92 Å². The Hall–Kier alpha value is -1.40. The van der Waals surface area contributed by atoms with E-state index in [2.05, 4.69) is 11.9 Å². The largest absolute Gasteiger partial charge is 0.481 e. The van der Waals surface area contributed by atoms with Crippen molar-refractivity contribution in [2.75, 3.05) is 6.54 Å². The van der Waals surface area contributed by atoms with E-state index in [1.165, 1.54) is 0 Å². The number of hydrogen-bond acceptors (Lipinski definition) is 4. The third-order valence-corrected chi connectivity index (χ3v) is 3.01. The highest BCUT2D eigenvalue weighted by Crippen LogP contribution is 2.34. The summed E-state index contributed by atoms with van der Waals surface area (Å²) in [4.78, 5) is 21.6. The SMILES string of the molecule is C=C(C)[C@]1(O)CN[C@H](C(=O)O)[C@H]1CC(=O)O. The van der Waals surface area contributed by atoms with Crippen molar-refractivity contribution in [3.05, 3.63) is 12.2 Å². The van der Waals surface area contributed by atoms with Crippen LogP contribution in [0.1, 0.15) is 13.3 Å². The summed E-state index contributed by atoms with van der Waals surface area (Å²) in [7, 11) is 0. The zero-order valence-corrected chi connectivity index (χ0v) is 8.93.